The third kappa shape index (κ3) is 6.29. The van der Waals surface area contributed by atoms with Crippen molar-refractivity contribution in [1.29, 1.82) is 0 Å². The number of nitro groups is 1. The van der Waals surface area contributed by atoms with Crippen LogP contribution in [-0.2, 0) is 9.59 Å². The van der Waals surface area contributed by atoms with Crippen molar-refractivity contribution in [3.63, 3.8) is 0 Å². The minimum Gasteiger partial charge on any atom is -0.321 e. The van der Waals surface area contributed by atoms with Crippen molar-refractivity contribution in [3.05, 3.63) is 73.9 Å². The zero-order valence-electron chi connectivity index (χ0n) is 16.6. The molecule has 2 aromatic carbocycles. The van der Waals surface area contributed by atoms with Gasteiger partial charge in [-0.3, -0.25) is 19.7 Å². The number of halogens is 2. The molecule has 0 spiro atoms. The third-order valence-electron chi connectivity index (χ3n) is 5.05. The van der Waals surface area contributed by atoms with Crippen LogP contribution >= 0.6 is 23.2 Å². The molecule has 0 bridgehead atoms. The summed E-state index contributed by atoms with van der Waals surface area (Å²) in [5.41, 5.74) is 0.536. The molecular formula is C22H21Cl2N3O4. The molecule has 2 amide bonds. The number of amides is 2. The fraction of sp³-hybridized carbons (Fsp3) is 0.273. The molecule has 9 heteroatoms. The molecular weight excluding hydrogens is 441 g/mol. The van der Waals surface area contributed by atoms with Gasteiger partial charge in [-0.1, -0.05) is 54.6 Å². The summed E-state index contributed by atoms with van der Waals surface area (Å²) >= 11 is 12.1. The SMILES string of the molecule is O=C(Nc1cc(Cl)ccc1Cl)/C(=C/c1cccc([N+](=O)[O-])c1)NC(=O)C1CCCCC1. The van der Waals surface area contributed by atoms with Crippen molar-refractivity contribution in [2.24, 2.45) is 5.92 Å². The maximum absolute atomic E-state index is 13.0. The molecule has 1 aliphatic rings. The Morgan fingerprint density at radius 1 is 1.06 bits per heavy atom. The number of nitro benzene ring substituents is 1. The van der Waals surface area contributed by atoms with E-state index in [2.05, 4.69) is 10.6 Å². The van der Waals surface area contributed by atoms with E-state index in [1.807, 2.05) is 0 Å². The molecule has 3 rings (SSSR count). The fourth-order valence-electron chi connectivity index (χ4n) is 3.44. The maximum Gasteiger partial charge on any atom is 0.272 e. The molecule has 0 unspecified atom stereocenters. The summed E-state index contributed by atoms with van der Waals surface area (Å²) in [5, 5.41) is 17.1. The number of anilines is 1. The van der Waals surface area contributed by atoms with Gasteiger partial charge in [-0.15, -0.1) is 0 Å². The van der Waals surface area contributed by atoms with Gasteiger partial charge >= 0.3 is 0 Å². The van der Waals surface area contributed by atoms with E-state index in [1.54, 1.807) is 18.2 Å². The van der Waals surface area contributed by atoms with Crippen LogP contribution in [0.15, 0.2) is 48.2 Å². The number of hydrogen-bond donors (Lipinski definition) is 2. The summed E-state index contributed by atoms with van der Waals surface area (Å²) in [7, 11) is 0. The molecule has 2 aromatic rings. The summed E-state index contributed by atoms with van der Waals surface area (Å²) in [6.07, 6.45) is 5.95. The Bertz CT molecular complexity index is 1030. The lowest BCUT2D eigenvalue weighted by molar-refractivity contribution is -0.384. The highest BCUT2D eigenvalue weighted by Gasteiger charge is 2.24. The largest absolute Gasteiger partial charge is 0.321 e. The average molecular weight is 462 g/mol. The topological polar surface area (TPSA) is 101 Å². The molecule has 1 fully saturated rings. The van der Waals surface area contributed by atoms with Crippen molar-refractivity contribution in [3.8, 4) is 0 Å². The summed E-state index contributed by atoms with van der Waals surface area (Å²) in [6.45, 7) is 0. The van der Waals surface area contributed by atoms with Gasteiger partial charge in [-0.2, -0.15) is 0 Å². The molecule has 1 aliphatic carbocycles. The van der Waals surface area contributed by atoms with Crippen molar-refractivity contribution in [2.75, 3.05) is 5.32 Å². The zero-order chi connectivity index (χ0) is 22.4. The Hall–Kier alpha value is -2.90. The third-order valence-corrected chi connectivity index (χ3v) is 5.61. The lowest BCUT2D eigenvalue weighted by atomic mass is 9.88. The molecule has 0 radical (unpaired) electrons. The van der Waals surface area contributed by atoms with E-state index in [1.165, 1.54) is 30.3 Å². The van der Waals surface area contributed by atoms with E-state index >= 15 is 0 Å². The van der Waals surface area contributed by atoms with Crippen molar-refractivity contribution in [2.45, 2.75) is 32.1 Å². The van der Waals surface area contributed by atoms with Gasteiger partial charge in [0.15, 0.2) is 0 Å². The Morgan fingerprint density at radius 2 is 1.81 bits per heavy atom. The van der Waals surface area contributed by atoms with Gasteiger partial charge in [-0.25, -0.2) is 0 Å². The molecule has 0 saturated heterocycles. The lowest BCUT2D eigenvalue weighted by Gasteiger charge is -2.21. The van der Waals surface area contributed by atoms with Gasteiger partial charge in [0.1, 0.15) is 5.70 Å². The Labute approximate surface area is 189 Å². The number of carbonyl (C=O) groups is 2. The first-order valence-electron chi connectivity index (χ1n) is 9.87. The lowest BCUT2D eigenvalue weighted by Crippen LogP contribution is -2.35. The summed E-state index contributed by atoms with van der Waals surface area (Å²) in [4.78, 5) is 36.3. The molecule has 0 heterocycles. The van der Waals surface area contributed by atoms with Crippen LogP contribution in [0.2, 0.25) is 10.0 Å². The van der Waals surface area contributed by atoms with Crippen LogP contribution < -0.4 is 10.6 Å². The van der Waals surface area contributed by atoms with Gasteiger partial charge in [0.2, 0.25) is 5.91 Å². The number of benzene rings is 2. The summed E-state index contributed by atoms with van der Waals surface area (Å²) < 4.78 is 0. The Morgan fingerprint density at radius 3 is 2.52 bits per heavy atom. The standard InChI is InChI=1S/C22H21Cl2N3O4/c23-16-9-10-18(24)19(13-16)25-22(29)20(26-21(28)15-6-2-1-3-7-15)12-14-5-4-8-17(11-14)27(30)31/h4-5,8-13,15H,1-3,6-7H2,(H,25,29)(H,26,28)/b20-12-. The number of rotatable bonds is 6. The van der Waals surface area contributed by atoms with Gasteiger partial charge in [0, 0.05) is 23.1 Å². The highest BCUT2D eigenvalue weighted by Crippen LogP contribution is 2.27. The van der Waals surface area contributed by atoms with Crippen LogP contribution in [0.4, 0.5) is 11.4 Å². The summed E-state index contributed by atoms with van der Waals surface area (Å²) in [5.74, 6) is -1.03. The number of nitrogens with zero attached hydrogens (tertiary/aromatic N) is 1. The molecule has 162 valence electrons. The normalized spacial score (nSPS) is 14.7. The van der Waals surface area contributed by atoms with Crippen LogP contribution in [0.1, 0.15) is 37.7 Å². The number of carbonyl (C=O) groups excluding carboxylic acids is 2. The second-order valence-electron chi connectivity index (χ2n) is 7.31. The molecule has 2 N–H and O–H groups in total. The second-order valence-corrected chi connectivity index (χ2v) is 8.16. The van der Waals surface area contributed by atoms with Gasteiger partial charge in [0.25, 0.3) is 11.6 Å². The Balaban J connectivity index is 1.90. The first-order chi connectivity index (χ1) is 14.8. The van der Waals surface area contributed by atoms with Crippen molar-refractivity contribution < 1.29 is 14.5 Å². The number of non-ortho nitro benzene ring substituents is 1. The fourth-order valence-corrected chi connectivity index (χ4v) is 3.77. The number of hydrogen-bond acceptors (Lipinski definition) is 4. The van der Waals surface area contributed by atoms with E-state index in [9.17, 15) is 19.7 Å². The minimum atomic E-state index is -0.611. The number of nitrogens with one attached hydrogen (secondary N) is 2. The highest BCUT2D eigenvalue weighted by molar-refractivity contribution is 6.36. The highest BCUT2D eigenvalue weighted by atomic mass is 35.5. The molecule has 0 atom stereocenters. The maximum atomic E-state index is 13.0. The molecule has 31 heavy (non-hydrogen) atoms. The minimum absolute atomic E-state index is 0.0351. The second kappa shape index (κ2) is 10.4. The van der Waals surface area contributed by atoms with Crippen LogP contribution in [0, 0.1) is 16.0 Å². The average Bonchev–Trinajstić information content (AvgIpc) is 2.76. The first kappa shape index (κ1) is 22.8. The zero-order valence-corrected chi connectivity index (χ0v) is 18.1. The van der Waals surface area contributed by atoms with Gasteiger partial charge in [-0.05, 0) is 42.7 Å². The molecule has 0 aromatic heterocycles. The van der Waals surface area contributed by atoms with Crippen LogP contribution in [0.3, 0.4) is 0 Å². The molecule has 0 aliphatic heterocycles. The van der Waals surface area contributed by atoms with Crippen LogP contribution in [0.25, 0.3) is 6.08 Å². The van der Waals surface area contributed by atoms with Crippen LogP contribution in [-0.4, -0.2) is 16.7 Å². The van der Waals surface area contributed by atoms with Crippen molar-refractivity contribution >= 4 is 52.5 Å². The quantitative estimate of drug-likeness (QED) is 0.333. The van der Waals surface area contributed by atoms with E-state index in [-0.39, 0.29) is 33.9 Å². The monoisotopic (exact) mass is 461 g/mol. The summed E-state index contributed by atoms with van der Waals surface area (Å²) in [6, 6.07) is 10.4. The van der Waals surface area contributed by atoms with E-state index < -0.39 is 10.8 Å². The predicted octanol–water partition coefficient (Wildman–Crippen LogP) is 5.58. The Kier molecular flexibility index (Phi) is 7.65. The smallest absolute Gasteiger partial charge is 0.272 e. The van der Waals surface area contributed by atoms with Gasteiger partial charge in [0.05, 0.1) is 15.6 Å². The van der Waals surface area contributed by atoms with E-state index in [0.29, 0.717) is 10.6 Å². The predicted molar refractivity (Wildman–Crippen MR) is 121 cm³/mol. The van der Waals surface area contributed by atoms with Gasteiger partial charge < -0.3 is 10.6 Å². The van der Waals surface area contributed by atoms with Crippen LogP contribution in [0.5, 0.6) is 0 Å². The van der Waals surface area contributed by atoms with Crippen molar-refractivity contribution in [1.82, 2.24) is 5.32 Å². The molecule has 7 nitrogen and oxygen atoms in total. The molecule has 1 saturated carbocycles. The van der Waals surface area contributed by atoms with E-state index in [0.717, 1.165) is 32.1 Å². The first-order valence-corrected chi connectivity index (χ1v) is 10.6. The van der Waals surface area contributed by atoms with E-state index in [4.69, 9.17) is 23.2 Å².